The molecular weight excluding hydrogens is 432 g/mol. The molecule has 7 nitrogen and oxygen atoms in total. The Morgan fingerprint density at radius 1 is 0.941 bits per heavy atom. The Bertz CT molecular complexity index is 992. The highest BCUT2D eigenvalue weighted by atomic mass is 16.5. The summed E-state index contributed by atoms with van der Waals surface area (Å²) in [5, 5.41) is 14.7. The molecule has 1 saturated carbocycles. The number of unbranched alkanes of at least 4 members (excludes halogenated alkanes) is 1. The summed E-state index contributed by atoms with van der Waals surface area (Å²) in [7, 11) is 0. The highest BCUT2D eigenvalue weighted by Crippen LogP contribution is 2.44. The summed E-state index contributed by atoms with van der Waals surface area (Å²) in [6.07, 6.45) is 3.91. The fourth-order valence-electron chi connectivity index (χ4n) is 5.19. The van der Waals surface area contributed by atoms with Crippen molar-refractivity contribution in [1.82, 2.24) is 10.6 Å². The van der Waals surface area contributed by atoms with Crippen molar-refractivity contribution < 1.29 is 24.2 Å². The Morgan fingerprint density at radius 3 is 2.29 bits per heavy atom. The van der Waals surface area contributed by atoms with Crippen molar-refractivity contribution in [2.24, 2.45) is 5.92 Å². The summed E-state index contributed by atoms with van der Waals surface area (Å²) in [4.78, 5) is 35.2. The van der Waals surface area contributed by atoms with Gasteiger partial charge in [-0.3, -0.25) is 9.59 Å². The van der Waals surface area contributed by atoms with E-state index >= 15 is 0 Å². The molecule has 7 heteroatoms. The molecule has 0 bridgehead atoms. The number of aliphatic carboxylic acids is 1. The third-order valence-corrected chi connectivity index (χ3v) is 6.81. The van der Waals surface area contributed by atoms with Crippen LogP contribution in [0.1, 0.15) is 62.0 Å². The highest BCUT2D eigenvalue weighted by Gasteiger charge is 2.29. The molecule has 34 heavy (non-hydrogen) atoms. The predicted molar refractivity (Wildman–Crippen MR) is 128 cm³/mol. The van der Waals surface area contributed by atoms with Gasteiger partial charge in [0.25, 0.3) is 0 Å². The van der Waals surface area contributed by atoms with Crippen LogP contribution < -0.4 is 10.6 Å². The molecule has 3 N–H and O–H groups in total. The van der Waals surface area contributed by atoms with E-state index in [-0.39, 0.29) is 36.8 Å². The number of hydrogen-bond donors (Lipinski definition) is 3. The topological polar surface area (TPSA) is 105 Å². The van der Waals surface area contributed by atoms with Gasteiger partial charge in [0.15, 0.2) is 0 Å². The van der Waals surface area contributed by atoms with Gasteiger partial charge in [-0.05, 0) is 60.3 Å². The van der Waals surface area contributed by atoms with Crippen LogP contribution in [0.3, 0.4) is 0 Å². The molecule has 0 unspecified atom stereocenters. The van der Waals surface area contributed by atoms with Gasteiger partial charge in [-0.1, -0.05) is 48.5 Å². The second kappa shape index (κ2) is 11.2. The molecule has 0 aromatic heterocycles. The van der Waals surface area contributed by atoms with Gasteiger partial charge in [-0.25, -0.2) is 4.79 Å². The van der Waals surface area contributed by atoms with E-state index in [1.807, 2.05) is 24.3 Å². The average molecular weight is 465 g/mol. The molecule has 0 radical (unpaired) electrons. The van der Waals surface area contributed by atoms with Crippen molar-refractivity contribution in [3.63, 3.8) is 0 Å². The quantitative estimate of drug-likeness (QED) is 0.451. The van der Waals surface area contributed by atoms with Gasteiger partial charge in [0, 0.05) is 31.3 Å². The Morgan fingerprint density at radius 2 is 1.62 bits per heavy atom. The molecule has 4 rings (SSSR count). The monoisotopic (exact) mass is 464 g/mol. The molecule has 2 atom stereocenters. The van der Waals surface area contributed by atoms with Crippen LogP contribution in [0.15, 0.2) is 48.5 Å². The largest absolute Gasteiger partial charge is 0.481 e. The van der Waals surface area contributed by atoms with Gasteiger partial charge in [0.05, 0.1) is 0 Å². The number of carbonyl (C=O) groups is 3. The number of ether oxygens (including phenoxy) is 1. The Kier molecular flexibility index (Phi) is 7.83. The SMILES string of the molecule is O=C(O)C[C@@H]1CC[C@H](NC(=O)CCCCNC(=O)OCC2c3ccccc3-c3ccccc32)C1. The van der Waals surface area contributed by atoms with Crippen LogP contribution in [-0.4, -0.2) is 42.3 Å². The second-order valence-electron chi connectivity index (χ2n) is 9.25. The number of fused-ring (bicyclic) bond motifs is 3. The number of amides is 2. The maximum absolute atomic E-state index is 12.2. The minimum absolute atomic E-state index is 0.0119. The van der Waals surface area contributed by atoms with Crippen LogP contribution >= 0.6 is 0 Å². The molecule has 0 saturated heterocycles. The fraction of sp³-hybridized carbons (Fsp3) is 0.444. The van der Waals surface area contributed by atoms with E-state index in [4.69, 9.17) is 9.84 Å². The van der Waals surface area contributed by atoms with Crippen molar-refractivity contribution >= 4 is 18.0 Å². The highest BCUT2D eigenvalue weighted by molar-refractivity contribution is 5.79. The lowest BCUT2D eigenvalue weighted by atomic mass is 9.98. The van der Waals surface area contributed by atoms with Crippen LogP contribution in [0.5, 0.6) is 0 Å². The van der Waals surface area contributed by atoms with Crippen LogP contribution in [0.2, 0.25) is 0 Å². The number of carboxylic acids is 1. The Labute approximate surface area is 199 Å². The summed E-state index contributed by atoms with van der Waals surface area (Å²) in [5.74, 6) is -0.597. The van der Waals surface area contributed by atoms with E-state index in [2.05, 4.69) is 34.9 Å². The molecule has 2 amide bonds. The number of hydrogen-bond acceptors (Lipinski definition) is 4. The van der Waals surface area contributed by atoms with Gasteiger partial charge in [-0.15, -0.1) is 0 Å². The van der Waals surface area contributed by atoms with Crippen molar-refractivity contribution in [1.29, 1.82) is 0 Å². The normalized spacial score (nSPS) is 18.7. The van der Waals surface area contributed by atoms with E-state index in [1.54, 1.807) is 0 Å². The van der Waals surface area contributed by atoms with Crippen molar-refractivity contribution in [2.45, 2.75) is 56.9 Å². The summed E-state index contributed by atoms with van der Waals surface area (Å²) in [5.41, 5.74) is 4.75. The number of carboxylic acid groups (broad SMARTS) is 1. The maximum atomic E-state index is 12.2. The lowest BCUT2D eigenvalue weighted by molar-refractivity contribution is -0.138. The molecule has 0 aliphatic heterocycles. The van der Waals surface area contributed by atoms with Crippen molar-refractivity contribution in [2.75, 3.05) is 13.2 Å². The third-order valence-electron chi connectivity index (χ3n) is 6.81. The summed E-state index contributed by atoms with van der Waals surface area (Å²) in [6.45, 7) is 0.737. The van der Waals surface area contributed by atoms with Gasteiger partial charge in [0.1, 0.15) is 6.61 Å². The van der Waals surface area contributed by atoms with Crippen LogP contribution in [0, 0.1) is 5.92 Å². The van der Waals surface area contributed by atoms with Gasteiger partial charge in [0.2, 0.25) is 5.91 Å². The summed E-state index contributed by atoms with van der Waals surface area (Å²) >= 11 is 0. The molecule has 2 aromatic carbocycles. The minimum atomic E-state index is -0.777. The fourth-order valence-corrected chi connectivity index (χ4v) is 5.19. The van der Waals surface area contributed by atoms with E-state index < -0.39 is 12.1 Å². The molecule has 0 spiro atoms. The standard InChI is InChI=1S/C27H32N2O5/c30-25(29-19-13-12-18(15-19)16-26(31)32)11-5-6-14-28-27(33)34-17-24-22-9-3-1-7-20(22)21-8-2-4-10-23(21)24/h1-4,7-10,18-19,24H,5-6,11-17H2,(H,28,33)(H,29,30)(H,31,32)/t18-,19+/m1/s1. The number of alkyl carbamates (subject to hydrolysis) is 1. The van der Waals surface area contributed by atoms with Gasteiger partial charge in [-0.2, -0.15) is 0 Å². The Balaban J connectivity index is 1.12. The molecule has 2 aliphatic carbocycles. The molecule has 2 aromatic rings. The van der Waals surface area contributed by atoms with Crippen LogP contribution in [-0.2, 0) is 14.3 Å². The van der Waals surface area contributed by atoms with E-state index in [9.17, 15) is 14.4 Å². The molecule has 1 fully saturated rings. The minimum Gasteiger partial charge on any atom is -0.481 e. The van der Waals surface area contributed by atoms with Crippen LogP contribution in [0.25, 0.3) is 11.1 Å². The van der Waals surface area contributed by atoms with E-state index in [1.165, 1.54) is 22.3 Å². The zero-order chi connectivity index (χ0) is 23.9. The molecule has 180 valence electrons. The molecular formula is C27H32N2O5. The first kappa shape index (κ1) is 23.8. The first-order chi connectivity index (χ1) is 16.5. The van der Waals surface area contributed by atoms with Crippen LogP contribution in [0.4, 0.5) is 4.79 Å². The first-order valence-corrected chi connectivity index (χ1v) is 12.1. The lowest BCUT2D eigenvalue weighted by Gasteiger charge is -2.15. The zero-order valence-corrected chi connectivity index (χ0v) is 19.3. The third kappa shape index (κ3) is 5.95. The smallest absolute Gasteiger partial charge is 0.407 e. The molecule has 0 heterocycles. The number of benzene rings is 2. The lowest BCUT2D eigenvalue weighted by Crippen LogP contribution is -2.33. The number of carbonyl (C=O) groups excluding carboxylic acids is 2. The molecule has 2 aliphatic rings. The van der Waals surface area contributed by atoms with E-state index in [0.29, 0.717) is 25.8 Å². The summed E-state index contributed by atoms with van der Waals surface area (Å²) in [6, 6.07) is 16.5. The van der Waals surface area contributed by atoms with Gasteiger partial charge < -0.3 is 20.5 Å². The predicted octanol–water partition coefficient (Wildman–Crippen LogP) is 4.46. The number of rotatable bonds is 10. The summed E-state index contributed by atoms with van der Waals surface area (Å²) < 4.78 is 5.52. The van der Waals surface area contributed by atoms with Gasteiger partial charge >= 0.3 is 12.1 Å². The second-order valence-corrected chi connectivity index (χ2v) is 9.25. The van der Waals surface area contributed by atoms with Crippen molar-refractivity contribution in [3.8, 4) is 11.1 Å². The first-order valence-electron chi connectivity index (χ1n) is 12.1. The average Bonchev–Trinajstić information content (AvgIpc) is 3.38. The zero-order valence-electron chi connectivity index (χ0n) is 19.3. The van der Waals surface area contributed by atoms with E-state index in [0.717, 1.165) is 19.3 Å². The Hall–Kier alpha value is -3.35. The number of nitrogens with one attached hydrogen (secondary N) is 2. The maximum Gasteiger partial charge on any atom is 0.407 e. The van der Waals surface area contributed by atoms with Crippen molar-refractivity contribution in [3.05, 3.63) is 59.7 Å².